The van der Waals surface area contributed by atoms with Crippen molar-refractivity contribution in [1.82, 2.24) is 15.2 Å². The number of pyridine rings is 1. The van der Waals surface area contributed by atoms with Crippen LogP contribution in [-0.4, -0.2) is 60.3 Å². The Hall–Kier alpha value is -5.33. The number of amides is 2. The van der Waals surface area contributed by atoms with Crippen LogP contribution in [0.2, 0.25) is 0 Å². The fourth-order valence-electron chi connectivity index (χ4n) is 5.89. The average Bonchev–Trinajstić information content (AvgIpc) is 3.43. The quantitative estimate of drug-likeness (QED) is 0.120. The molecule has 3 heterocycles. The van der Waals surface area contributed by atoms with Gasteiger partial charge in [0.05, 0.1) is 17.1 Å². The van der Waals surface area contributed by atoms with E-state index in [1.807, 2.05) is 36.4 Å². The summed E-state index contributed by atoms with van der Waals surface area (Å²) in [4.78, 5) is 45.2. The summed E-state index contributed by atoms with van der Waals surface area (Å²) < 4.78 is 29.7. The van der Waals surface area contributed by atoms with Gasteiger partial charge in [0.15, 0.2) is 23.3 Å². The van der Waals surface area contributed by atoms with Gasteiger partial charge in [-0.1, -0.05) is 24.3 Å². The lowest BCUT2D eigenvalue weighted by atomic mass is 10.0. The highest BCUT2D eigenvalue weighted by molar-refractivity contribution is 6.02. The van der Waals surface area contributed by atoms with E-state index in [-0.39, 0.29) is 40.9 Å². The highest BCUT2D eigenvalue weighted by atomic mass is 19.1. The fourth-order valence-corrected chi connectivity index (χ4v) is 5.89. The van der Waals surface area contributed by atoms with Gasteiger partial charge in [0.25, 0.3) is 5.91 Å². The third-order valence-electron chi connectivity index (χ3n) is 7.85. The minimum absolute atomic E-state index is 0.00541. The van der Waals surface area contributed by atoms with Gasteiger partial charge in [0.2, 0.25) is 5.43 Å². The number of ether oxygens (including phenoxy) is 2. The number of nitrogens with zero attached hydrogens (tertiary/aromatic N) is 3. The van der Waals surface area contributed by atoms with Crippen molar-refractivity contribution in [2.24, 2.45) is 16.5 Å². The number of halogens is 1. The van der Waals surface area contributed by atoms with E-state index >= 15 is 4.39 Å². The largest absolute Gasteiger partial charge is 0.451 e. The highest BCUT2D eigenvalue weighted by Crippen LogP contribution is 2.48. The van der Waals surface area contributed by atoms with Crippen molar-refractivity contribution in [2.75, 3.05) is 31.1 Å². The number of aromatic nitrogens is 1. The minimum atomic E-state index is -0.678. The number of rotatable bonds is 7. The number of carbonyl (C=O) groups is 2. The second-order valence-electron chi connectivity index (χ2n) is 12.4. The Labute approximate surface area is 264 Å². The summed E-state index contributed by atoms with van der Waals surface area (Å²) in [5.74, 6) is -0.724. The van der Waals surface area contributed by atoms with Gasteiger partial charge in [-0.3, -0.25) is 14.6 Å². The number of aliphatic imine (C=N–C) groups is 1. The molecule has 1 atom stereocenters. The topological polar surface area (TPSA) is 166 Å². The second-order valence-corrected chi connectivity index (χ2v) is 12.4. The molecule has 0 unspecified atom stereocenters. The zero-order valence-corrected chi connectivity index (χ0v) is 25.9. The number of guanidine groups is 1. The number of hydrogen-bond donors (Lipinski definition) is 4. The van der Waals surface area contributed by atoms with Crippen molar-refractivity contribution in [1.29, 1.82) is 0 Å². The van der Waals surface area contributed by atoms with Gasteiger partial charge in [-0.2, -0.15) is 0 Å². The molecule has 0 spiro atoms. The normalized spacial score (nSPS) is 15.3. The summed E-state index contributed by atoms with van der Waals surface area (Å²) in [6.45, 7) is 6.61. The highest BCUT2D eigenvalue weighted by Gasteiger charge is 2.34. The third kappa shape index (κ3) is 6.00. The van der Waals surface area contributed by atoms with Crippen LogP contribution in [0.1, 0.15) is 44.0 Å². The van der Waals surface area contributed by atoms with E-state index in [4.69, 9.17) is 20.9 Å². The molecule has 0 aliphatic carbocycles. The SMILES string of the molecule is CC(C)(C)OC(=O)N[C@@H]1CCN(c2c(F)cc3c(=O)c(C(=O)NCCCN=C(N)N)cn4c3c2Oc2cc3ccccc3cc2-4)C1. The number of nitrogens with two attached hydrogens (primary N) is 2. The van der Waals surface area contributed by atoms with E-state index < -0.39 is 28.8 Å². The van der Waals surface area contributed by atoms with Crippen molar-refractivity contribution < 1.29 is 23.5 Å². The average molecular weight is 630 g/mol. The molecule has 46 heavy (non-hydrogen) atoms. The molecule has 0 saturated carbocycles. The maximum absolute atomic E-state index is 16.2. The van der Waals surface area contributed by atoms with Crippen LogP contribution in [0.4, 0.5) is 14.9 Å². The summed E-state index contributed by atoms with van der Waals surface area (Å²) in [5, 5.41) is 7.43. The molecule has 1 aromatic heterocycles. The Kier molecular flexibility index (Phi) is 7.92. The van der Waals surface area contributed by atoms with Crippen LogP contribution in [0.5, 0.6) is 11.5 Å². The molecular weight excluding hydrogens is 593 g/mol. The molecule has 0 bridgehead atoms. The lowest BCUT2D eigenvalue weighted by molar-refractivity contribution is 0.0508. The number of alkyl carbamates (subject to hydrolysis) is 1. The molecule has 0 radical (unpaired) electrons. The van der Waals surface area contributed by atoms with E-state index in [9.17, 15) is 14.4 Å². The van der Waals surface area contributed by atoms with Gasteiger partial charge in [0, 0.05) is 32.4 Å². The van der Waals surface area contributed by atoms with Crippen molar-refractivity contribution in [3.05, 3.63) is 70.3 Å². The summed E-state index contributed by atoms with van der Waals surface area (Å²) in [7, 11) is 0. The van der Waals surface area contributed by atoms with Crippen molar-refractivity contribution in [3.63, 3.8) is 0 Å². The molecule has 2 aliphatic rings. The molecule has 2 amide bonds. The van der Waals surface area contributed by atoms with Gasteiger partial charge >= 0.3 is 6.09 Å². The first-order valence-corrected chi connectivity index (χ1v) is 15.1. The number of nitrogens with one attached hydrogen (secondary N) is 2. The lowest BCUT2D eigenvalue weighted by Gasteiger charge is -2.29. The Bertz CT molecular complexity index is 1960. The summed E-state index contributed by atoms with van der Waals surface area (Å²) in [5.41, 5.74) is 10.4. The molecule has 6 N–H and O–H groups in total. The monoisotopic (exact) mass is 629 g/mol. The molecular formula is C33H36FN7O5. The van der Waals surface area contributed by atoms with Crippen LogP contribution >= 0.6 is 0 Å². The van der Waals surface area contributed by atoms with Gasteiger partial charge in [-0.15, -0.1) is 0 Å². The summed E-state index contributed by atoms with van der Waals surface area (Å²) >= 11 is 0. The van der Waals surface area contributed by atoms with E-state index in [1.165, 1.54) is 6.20 Å². The van der Waals surface area contributed by atoms with Crippen molar-refractivity contribution in [2.45, 2.75) is 45.3 Å². The Morgan fingerprint density at radius 1 is 1.15 bits per heavy atom. The fraction of sp³-hybridized carbons (Fsp3) is 0.333. The van der Waals surface area contributed by atoms with E-state index in [1.54, 1.807) is 30.2 Å². The molecule has 12 nitrogen and oxygen atoms in total. The molecule has 1 fully saturated rings. The number of fused-ring (bicyclic) bond motifs is 3. The standard InChI is InChI=1S/C33H36FN7O5/c1-33(2,3)46-32(44)39-20-9-12-40(16-20)27-23(34)15-21-26-29(27)45-25-14-19-8-5-4-7-18(19)13-24(25)41(26)17-22(28(21)42)30(43)37-10-6-11-38-31(35)36/h4-5,7-8,13-15,17,20H,6,9-12,16H2,1-3H3,(H,37,43)(H,39,44)(H4,35,36,38)/t20-/m1/s1. The molecule has 13 heteroatoms. The Morgan fingerprint density at radius 2 is 1.89 bits per heavy atom. The second kappa shape index (κ2) is 11.9. The molecule has 6 rings (SSSR count). The van der Waals surface area contributed by atoms with Crippen LogP contribution in [0.25, 0.3) is 27.4 Å². The Balaban J connectivity index is 1.42. The van der Waals surface area contributed by atoms with Crippen LogP contribution in [0, 0.1) is 5.82 Å². The Morgan fingerprint density at radius 3 is 2.61 bits per heavy atom. The van der Waals surface area contributed by atoms with Crippen molar-refractivity contribution >= 4 is 45.3 Å². The van der Waals surface area contributed by atoms with Crippen LogP contribution in [0.3, 0.4) is 0 Å². The molecule has 1 saturated heterocycles. The number of hydrogen-bond acceptors (Lipinski definition) is 7. The molecule has 2 aliphatic heterocycles. The first-order valence-electron chi connectivity index (χ1n) is 15.1. The number of anilines is 1. The first kappa shape index (κ1) is 30.7. The smallest absolute Gasteiger partial charge is 0.407 e. The summed E-state index contributed by atoms with van der Waals surface area (Å²) in [6.07, 6.45) is 1.93. The first-order chi connectivity index (χ1) is 21.9. The van der Waals surface area contributed by atoms with Crippen LogP contribution in [-0.2, 0) is 4.74 Å². The van der Waals surface area contributed by atoms with Gasteiger partial charge < -0.3 is 41.0 Å². The van der Waals surface area contributed by atoms with Gasteiger partial charge in [-0.25, -0.2) is 9.18 Å². The zero-order chi connectivity index (χ0) is 32.7. The predicted octanol–water partition coefficient (Wildman–Crippen LogP) is 3.89. The molecule has 3 aromatic carbocycles. The van der Waals surface area contributed by atoms with Gasteiger partial charge in [0.1, 0.15) is 22.4 Å². The van der Waals surface area contributed by atoms with Crippen molar-refractivity contribution in [3.8, 4) is 17.2 Å². The maximum Gasteiger partial charge on any atom is 0.407 e. The number of carbonyl (C=O) groups excluding carboxylic acids is 2. The molecule has 240 valence electrons. The van der Waals surface area contributed by atoms with Gasteiger partial charge in [-0.05, 0) is 62.6 Å². The number of benzene rings is 3. The lowest BCUT2D eigenvalue weighted by Crippen LogP contribution is -2.40. The third-order valence-corrected chi connectivity index (χ3v) is 7.85. The zero-order valence-electron chi connectivity index (χ0n) is 25.9. The van der Waals surface area contributed by atoms with Crippen LogP contribution < -0.4 is 37.2 Å². The van der Waals surface area contributed by atoms with E-state index in [0.29, 0.717) is 49.4 Å². The van der Waals surface area contributed by atoms with E-state index in [2.05, 4.69) is 15.6 Å². The minimum Gasteiger partial charge on any atom is -0.451 e. The van der Waals surface area contributed by atoms with E-state index in [0.717, 1.165) is 16.8 Å². The predicted molar refractivity (Wildman–Crippen MR) is 175 cm³/mol. The maximum atomic E-state index is 16.2. The summed E-state index contributed by atoms with van der Waals surface area (Å²) in [6, 6.07) is 12.3. The van der Waals surface area contributed by atoms with Crippen LogP contribution in [0.15, 0.2) is 58.4 Å². The molecule has 4 aromatic rings.